The molecule has 0 aliphatic carbocycles. The van der Waals surface area contributed by atoms with Crippen molar-refractivity contribution in [2.45, 2.75) is 31.2 Å². The lowest BCUT2D eigenvalue weighted by atomic mass is 10.1. The molecule has 0 aliphatic rings. The van der Waals surface area contributed by atoms with E-state index in [1.54, 1.807) is 6.92 Å². The minimum absolute atomic E-state index is 0.375. The number of nitrogens with zero attached hydrogens (tertiary/aromatic N) is 3. The standard InChI is InChI=1S/C19H20N4OS/c1-12-4-8-15(9-5-12)18-21-22-19(25-14(3)17(20)24)23(18)16-10-6-13(2)7-11-16/h4-11,14H,1-3H3,(H2,20,24)/t14-/m1/s1. The second kappa shape index (κ2) is 7.11. The van der Waals surface area contributed by atoms with Crippen LogP contribution in [0.5, 0.6) is 0 Å². The summed E-state index contributed by atoms with van der Waals surface area (Å²) in [6.45, 7) is 5.86. The summed E-state index contributed by atoms with van der Waals surface area (Å²) in [5, 5.41) is 8.93. The average molecular weight is 352 g/mol. The van der Waals surface area contributed by atoms with Gasteiger partial charge in [-0.3, -0.25) is 9.36 Å². The molecule has 1 amide bonds. The third kappa shape index (κ3) is 3.74. The maximum Gasteiger partial charge on any atom is 0.230 e. The molecule has 0 saturated carbocycles. The summed E-state index contributed by atoms with van der Waals surface area (Å²) in [6.07, 6.45) is 0. The Morgan fingerprint density at radius 3 is 2.12 bits per heavy atom. The van der Waals surface area contributed by atoms with Crippen LogP contribution >= 0.6 is 11.8 Å². The molecule has 3 rings (SSSR count). The van der Waals surface area contributed by atoms with Gasteiger partial charge in [-0.25, -0.2) is 0 Å². The molecule has 0 saturated heterocycles. The van der Waals surface area contributed by atoms with Gasteiger partial charge in [0.05, 0.1) is 5.25 Å². The zero-order chi connectivity index (χ0) is 18.0. The van der Waals surface area contributed by atoms with Crippen molar-refractivity contribution in [3.8, 4) is 17.1 Å². The van der Waals surface area contributed by atoms with Gasteiger partial charge in [0, 0.05) is 11.3 Å². The molecule has 1 heterocycles. The van der Waals surface area contributed by atoms with Crippen LogP contribution in [0.15, 0.2) is 53.7 Å². The highest BCUT2D eigenvalue weighted by Gasteiger charge is 2.20. The van der Waals surface area contributed by atoms with Crippen LogP contribution in [-0.2, 0) is 4.79 Å². The lowest BCUT2D eigenvalue weighted by Crippen LogP contribution is -2.23. The van der Waals surface area contributed by atoms with Gasteiger partial charge in [-0.1, -0.05) is 59.3 Å². The molecule has 2 N–H and O–H groups in total. The van der Waals surface area contributed by atoms with Crippen LogP contribution in [0.1, 0.15) is 18.1 Å². The first-order valence-electron chi connectivity index (χ1n) is 8.01. The summed E-state index contributed by atoms with van der Waals surface area (Å²) in [7, 11) is 0. The van der Waals surface area contributed by atoms with Gasteiger partial charge in [0.25, 0.3) is 0 Å². The Balaban J connectivity index is 2.12. The molecule has 3 aromatic rings. The van der Waals surface area contributed by atoms with E-state index in [1.807, 2.05) is 66.9 Å². The van der Waals surface area contributed by atoms with Gasteiger partial charge in [-0.2, -0.15) is 0 Å². The van der Waals surface area contributed by atoms with Crippen LogP contribution in [0.3, 0.4) is 0 Å². The molecule has 2 aromatic carbocycles. The molecular formula is C19H20N4OS. The highest BCUT2D eigenvalue weighted by atomic mass is 32.2. The topological polar surface area (TPSA) is 73.8 Å². The molecule has 0 fully saturated rings. The van der Waals surface area contributed by atoms with E-state index >= 15 is 0 Å². The molecule has 128 valence electrons. The van der Waals surface area contributed by atoms with E-state index in [9.17, 15) is 4.79 Å². The van der Waals surface area contributed by atoms with Crippen molar-refractivity contribution >= 4 is 17.7 Å². The van der Waals surface area contributed by atoms with E-state index in [-0.39, 0.29) is 11.2 Å². The summed E-state index contributed by atoms with van der Waals surface area (Å²) >= 11 is 1.31. The highest BCUT2D eigenvalue weighted by Crippen LogP contribution is 2.30. The predicted octanol–water partition coefficient (Wildman–Crippen LogP) is 3.52. The van der Waals surface area contributed by atoms with Crippen LogP contribution < -0.4 is 5.73 Å². The first kappa shape index (κ1) is 17.2. The van der Waals surface area contributed by atoms with E-state index in [2.05, 4.69) is 10.2 Å². The third-order valence-corrected chi connectivity index (χ3v) is 4.98. The summed E-state index contributed by atoms with van der Waals surface area (Å²) in [5.41, 5.74) is 9.69. The molecule has 1 aromatic heterocycles. The molecular weight excluding hydrogens is 332 g/mol. The normalized spacial score (nSPS) is 12.1. The second-order valence-corrected chi connectivity index (χ2v) is 7.31. The summed E-state index contributed by atoms with van der Waals surface area (Å²) in [6, 6.07) is 16.3. The number of thioether (sulfide) groups is 1. The van der Waals surface area contributed by atoms with Gasteiger partial charge >= 0.3 is 0 Å². The molecule has 1 atom stereocenters. The molecule has 25 heavy (non-hydrogen) atoms. The number of hydrogen-bond acceptors (Lipinski definition) is 4. The zero-order valence-corrected chi connectivity index (χ0v) is 15.2. The summed E-state index contributed by atoms with van der Waals surface area (Å²) in [5.74, 6) is 0.364. The number of primary amides is 1. The third-order valence-electron chi connectivity index (χ3n) is 3.92. The van der Waals surface area contributed by atoms with Crippen LogP contribution in [0, 0.1) is 13.8 Å². The fraction of sp³-hybridized carbons (Fsp3) is 0.211. The second-order valence-electron chi connectivity index (χ2n) is 6.01. The Bertz CT molecular complexity index is 885. The molecule has 0 unspecified atom stereocenters. The Morgan fingerprint density at radius 1 is 1.00 bits per heavy atom. The van der Waals surface area contributed by atoms with Gasteiger partial charge in [0.1, 0.15) is 0 Å². The Kier molecular flexibility index (Phi) is 4.90. The number of hydrogen-bond donors (Lipinski definition) is 1. The Labute approximate surface area is 151 Å². The van der Waals surface area contributed by atoms with Crippen LogP contribution in [0.2, 0.25) is 0 Å². The molecule has 0 spiro atoms. The highest BCUT2D eigenvalue weighted by molar-refractivity contribution is 8.00. The van der Waals surface area contributed by atoms with E-state index in [1.165, 1.54) is 22.9 Å². The number of carbonyl (C=O) groups is 1. The largest absolute Gasteiger partial charge is 0.369 e. The average Bonchev–Trinajstić information content (AvgIpc) is 2.99. The molecule has 6 heteroatoms. The van der Waals surface area contributed by atoms with Crippen molar-refractivity contribution in [2.24, 2.45) is 5.73 Å². The van der Waals surface area contributed by atoms with Gasteiger partial charge in [0.15, 0.2) is 11.0 Å². The number of amides is 1. The molecule has 5 nitrogen and oxygen atoms in total. The van der Waals surface area contributed by atoms with Crippen molar-refractivity contribution in [1.82, 2.24) is 14.8 Å². The van der Waals surface area contributed by atoms with Crippen molar-refractivity contribution in [2.75, 3.05) is 0 Å². The van der Waals surface area contributed by atoms with Gasteiger partial charge in [-0.15, -0.1) is 10.2 Å². The number of carbonyl (C=O) groups excluding carboxylic acids is 1. The fourth-order valence-electron chi connectivity index (χ4n) is 2.38. The minimum atomic E-state index is -0.390. The number of nitrogens with two attached hydrogens (primary N) is 1. The smallest absolute Gasteiger partial charge is 0.230 e. The van der Waals surface area contributed by atoms with E-state index in [0.717, 1.165) is 17.1 Å². The van der Waals surface area contributed by atoms with Gasteiger partial charge < -0.3 is 5.73 Å². The van der Waals surface area contributed by atoms with Crippen molar-refractivity contribution < 1.29 is 4.79 Å². The molecule has 0 bridgehead atoms. The minimum Gasteiger partial charge on any atom is -0.369 e. The van der Waals surface area contributed by atoms with Gasteiger partial charge in [0.2, 0.25) is 5.91 Å². The zero-order valence-electron chi connectivity index (χ0n) is 14.4. The molecule has 0 aliphatic heterocycles. The molecule has 0 radical (unpaired) electrons. The first-order valence-corrected chi connectivity index (χ1v) is 8.89. The summed E-state index contributed by atoms with van der Waals surface area (Å²) in [4.78, 5) is 11.5. The van der Waals surface area contributed by atoms with Crippen molar-refractivity contribution in [3.63, 3.8) is 0 Å². The summed E-state index contributed by atoms with van der Waals surface area (Å²) < 4.78 is 1.97. The lowest BCUT2D eigenvalue weighted by molar-refractivity contribution is -0.117. The lowest BCUT2D eigenvalue weighted by Gasteiger charge is -2.12. The SMILES string of the molecule is Cc1ccc(-c2nnc(S[C@H](C)C(N)=O)n2-c2ccc(C)cc2)cc1. The van der Waals surface area contributed by atoms with Crippen molar-refractivity contribution in [1.29, 1.82) is 0 Å². The van der Waals surface area contributed by atoms with E-state index < -0.39 is 0 Å². The van der Waals surface area contributed by atoms with Gasteiger partial charge in [-0.05, 0) is 32.9 Å². The quantitative estimate of drug-likeness (QED) is 0.713. The van der Waals surface area contributed by atoms with E-state index in [4.69, 9.17) is 5.73 Å². The predicted molar refractivity (Wildman–Crippen MR) is 101 cm³/mol. The number of aromatic nitrogens is 3. The number of benzene rings is 2. The Hall–Kier alpha value is -2.60. The number of aryl methyl sites for hydroxylation is 2. The van der Waals surface area contributed by atoms with Crippen LogP contribution in [0.4, 0.5) is 0 Å². The van der Waals surface area contributed by atoms with Crippen LogP contribution in [-0.4, -0.2) is 25.9 Å². The maximum atomic E-state index is 11.5. The van der Waals surface area contributed by atoms with E-state index in [0.29, 0.717) is 5.16 Å². The Morgan fingerprint density at radius 2 is 1.56 bits per heavy atom. The number of rotatable bonds is 5. The maximum absolute atomic E-state index is 11.5. The van der Waals surface area contributed by atoms with Crippen LogP contribution in [0.25, 0.3) is 17.1 Å². The monoisotopic (exact) mass is 352 g/mol. The first-order chi connectivity index (χ1) is 12.0. The van der Waals surface area contributed by atoms with Crippen molar-refractivity contribution in [3.05, 3.63) is 59.7 Å². The fourth-order valence-corrected chi connectivity index (χ4v) is 3.20.